The van der Waals surface area contributed by atoms with E-state index < -0.39 is 0 Å². The van der Waals surface area contributed by atoms with Crippen molar-refractivity contribution >= 4 is 17.6 Å². The van der Waals surface area contributed by atoms with Crippen molar-refractivity contribution in [2.24, 2.45) is 0 Å². The van der Waals surface area contributed by atoms with Gasteiger partial charge in [0.2, 0.25) is 23.7 Å². The molecule has 4 N–H and O–H groups in total. The van der Waals surface area contributed by atoms with Gasteiger partial charge in [-0.2, -0.15) is 9.97 Å². The van der Waals surface area contributed by atoms with Crippen molar-refractivity contribution in [3.8, 4) is 28.9 Å². The van der Waals surface area contributed by atoms with E-state index in [4.69, 9.17) is 15.2 Å². The standard InChI is InChI=1S/C21H21N7O2/c1-3-29-17-12-18(25-20(22)24-17)30-16-9-5-7-14(11-16)19-26-21(28-27-19)23-15-8-4-6-13(2)10-15/h4-12H,3H2,1-2H3,(H2,22,24,25)(H2,23,26,27,28). The first-order chi connectivity index (χ1) is 14.6. The molecule has 0 amide bonds. The quantitative estimate of drug-likeness (QED) is 0.421. The molecule has 0 fully saturated rings. The number of nitrogens with one attached hydrogen (secondary N) is 2. The summed E-state index contributed by atoms with van der Waals surface area (Å²) in [6.07, 6.45) is 0. The summed E-state index contributed by atoms with van der Waals surface area (Å²) in [6, 6.07) is 17.0. The third-order valence-corrected chi connectivity index (χ3v) is 4.09. The first-order valence-electron chi connectivity index (χ1n) is 9.41. The van der Waals surface area contributed by atoms with Gasteiger partial charge >= 0.3 is 0 Å². The Morgan fingerprint density at radius 2 is 1.83 bits per heavy atom. The molecule has 0 saturated carbocycles. The number of ether oxygens (including phenoxy) is 2. The Morgan fingerprint density at radius 3 is 2.67 bits per heavy atom. The van der Waals surface area contributed by atoms with Gasteiger partial charge in [0.25, 0.3) is 0 Å². The van der Waals surface area contributed by atoms with Crippen LogP contribution in [0.4, 0.5) is 17.6 Å². The lowest BCUT2D eigenvalue weighted by Crippen LogP contribution is -2.01. The fourth-order valence-electron chi connectivity index (χ4n) is 2.83. The van der Waals surface area contributed by atoms with Crippen molar-refractivity contribution in [3.63, 3.8) is 0 Å². The summed E-state index contributed by atoms with van der Waals surface area (Å²) >= 11 is 0. The van der Waals surface area contributed by atoms with Gasteiger partial charge in [0.15, 0.2) is 5.82 Å². The zero-order valence-corrected chi connectivity index (χ0v) is 16.6. The first kappa shape index (κ1) is 19.2. The number of benzene rings is 2. The summed E-state index contributed by atoms with van der Waals surface area (Å²) in [5, 5.41) is 11.6. The number of nitrogens with two attached hydrogens (primary N) is 1. The van der Waals surface area contributed by atoms with Crippen molar-refractivity contribution in [2.75, 3.05) is 17.7 Å². The van der Waals surface area contributed by atoms with Crippen LogP contribution in [-0.2, 0) is 0 Å². The van der Waals surface area contributed by atoms with Crippen LogP contribution in [0.15, 0.2) is 54.6 Å². The molecule has 4 rings (SSSR count). The van der Waals surface area contributed by atoms with E-state index in [9.17, 15) is 0 Å². The Morgan fingerprint density at radius 1 is 1.00 bits per heavy atom. The largest absolute Gasteiger partial charge is 0.478 e. The van der Waals surface area contributed by atoms with E-state index in [1.807, 2.05) is 62.4 Å². The van der Waals surface area contributed by atoms with Gasteiger partial charge in [-0.05, 0) is 43.7 Å². The van der Waals surface area contributed by atoms with E-state index in [2.05, 4.69) is 30.5 Å². The first-order valence-corrected chi connectivity index (χ1v) is 9.41. The van der Waals surface area contributed by atoms with Crippen LogP contribution in [0.3, 0.4) is 0 Å². The number of H-pyrrole nitrogens is 1. The molecule has 0 aliphatic rings. The van der Waals surface area contributed by atoms with Crippen molar-refractivity contribution in [1.29, 1.82) is 0 Å². The molecule has 152 valence electrons. The second-order valence-electron chi connectivity index (χ2n) is 6.48. The minimum atomic E-state index is 0.0780. The number of aryl methyl sites for hydroxylation is 1. The number of nitrogen functional groups attached to an aromatic ring is 1. The molecule has 9 heteroatoms. The summed E-state index contributed by atoms with van der Waals surface area (Å²) in [7, 11) is 0. The normalized spacial score (nSPS) is 10.6. The Labute approximate surface area is 173 Å². The topological polar surface area (TPSA) is 124 Å². The van der Waals surface area contributed by atoms with Crippen LogP contribution in [0, 0.1) is 6.92 Å². The number of hydrogen-bond donors (Lipinski definition) is 3. The number of anilines is 3. The van der Waals surface area contributed by atoms with Crippen molar-refractivity contribution in [3.05, 3.63) is 60.2 Å². The monoisotopic (exact) mass is 403 g/mol. The molecule has 0 radical (unpaired) electrons. The number of hydrogen-bond acceptors (Lipinski definition) is 8. The molecule has 0 atom stereocenters. The fourth-order valence-corrected chi connectivity index (χ4v) is 2.83. The maximum atomic E-state index is 5.84. The molecule has 0 spiro atoms. The lowest BCUT2D eigenvalue weighted by atomic mass is 10.2. The van der Waals surface area contributed by atoms with Gasteiger partial charge in [-0.25, -0.2) is 0 Å². The Bertz CT molecular complexity index is 1160. The molecule has 0 unspecified atom stereocenters. The van der Waals surface area contributed by atoms with Crippen LogP contribution in [0.5, 0.6) is 17.5 Å². The van der Waals surface area contributed by atoms with E-state index in [0.717, 1.165) is 16.8 Å². The Balaban J connectivity index is 1.52. The average molecular weight is 403 g/mol. The predicted molar refractivity (Wildman–Crippen MR) is 114 cm³/mol. The molecular weight excluding hydrogens is 382 g/mol. The molecule has 0 aliphatic carbocycles. The highest BCUT2D eigenvalue weighted by Gasteiger charge is 2.09. The zero-order valence-electron chi connectivity index (χ0n) is 16.6. The third-order valence-electron chi connectivity index (χ3n) is 4.09. The van der Waals surface area contributed by atoms with Gasteiger partial charge in [-0.1, -0.05) is 24.3 Å². The van der Waals surface area contributed by atoms with Gasteiger partial charge in [0, 0.05) is 11.3 Å². The van der Waals surface area contributed by atoms with Crippen LogP contribution >= 0.6 is 0 Å². The highest BCUT2D eigenvalue weighted by molar-refractivity contribution is 5.61. The minimum absolute atomic E-state index is 0.0780. The summed E-state index contributed by atoms with van der Waals surface area (Å²) in [5.74, 6) is 2.45. The summed E-state index contributed by atoms with van der Waals surface area (Å²) in [6.45, 7) is 4.36. The molecule has 2 heterocycles. The summed E-state index contributed by atoms with van der Waals surface area (Å²) in [4.78, 5) is 11.3. The average Bonchev–Trinajstić information content (AvgIpc) is 3.16. The van der Waals surface area contributed by atoms with E-state index in [-0.39, 0.29) is 5.95 Å². The molecule has 4 aromatic rings. The summed E-state index contributed by atoms with van der Waals surface area (Å²) < 4.78 is 11.2. The van der Waals surface area contributed by atoms with E-state index in [1.54, 1.807) is 6.07 Å². The molecular formula is C21H21N7O2. The van der Waals surface area contributed by atoms with Crippen molar-refractivity contribution in [2.45, 2.75) is 13.8 Å². The SMILES string of the molecule is CCOc1cc(Oc2cccc(-c3nnc(Nc4cccc(C)c4)[nH]3)c2)nc(N)n1. The Hall–Kier alpha value is -4.14. The molecule has 0 aliphatic heterocycles. The van der Waals surface area contributed by atoms with Gasteiger partial charge in [0.1, 0.15) is 5.75 Å². The van der Waals surface area contributed by atoms with Gasteiger partial charge in [-0.15, -0.1) is 10.2 Å². The molecule has 9 nitrogen and oxygen atoms in total. The lowest BCUT2D eigenvalue weighted by Gasteiger charge is -2.08. The fraction of sp³-hybridized carbons (Fsp3) is 0.143. The molecule has 0 saturated heterocycles. The molecule has 30 heavy (non-hydrogen) atoms. The maximum Gasteiger partial charge on any atom is 0.227 e. The van der Waals surface area contributed by atoms with E-state index >= 15 is 0 Å². The van der Waals surface area contributed by atoms with Crippen LogP contribution in [0.1, 0.15) is 12.5 Å². The number of nitrogens with zero attached hydrogens (tertiary/aromatic N) is 4. The smallest absolute Gasteiger partial charge is 0.227 e. The van der Waals surface area contributed by atoms with Crippen molar-refractivity contribution in [1.82, 2.24) is 25.1 Å². The molecule has 0 bridgehead atoms. The van der Waals surface area contributed by atoms with Crippen LogP contribution < -0.4 is 20.5 Å². The number of aromatic nitrogens is 5. The van der Waals surface area contributed by atoms with E-state index in [0.29, 0.717) is 35.9 Å². The highest BCUT2D eigenvalue weighted by atomic mass is 16.5. The summed E-state index contributed by atoms with van der Waals surface area (Å²) in [5.41, 5.74) is 8.62. The lowest BCUT2D eigenvalue weighted by molar-refractivity contribution is 0.323. The predicted octanol–water partition coefficient (Wildman–Crippen LogP) is 4.09. The van der Waals surface area contributed by atoms with Gasteiger partial charge in [0.05, 0.1) is 12.7 Å². The van der Waals surface area contributed by atoms with Crippen molar-refractivity contribution < 1.29 is 9.47 Å². The second-order valence-corrected chi connectivity index (χ2v) is 6.48. The molecule has 2 aromatic heterocycles. The number of aromatic amines is 1. The minimum Gasteiger partial charge on any atom is -0.478 e. The van der Waals surface area contributed by atoms with E-state index in [1.165, 1.54) is 0 Å². The van der Waals surface area contributed by atoms with Crippen LogP contribution in [0.25, 0.3) is 11.4 Å². The highest BCUT2D eigenvalue weighted by Crippen LogP contribution is 2.27. The molecule has 2 aromatic carbocycles. The van der Waals surface area contributed by atoms with Gasteiger partial charge < -0.3 is 25.5 Å². The number of rotatable bonds is 7. The maximum absolute atomic E-state index is 5.84. The van der Waals surface area contributed by atoms with Gasteiger partial charge in [-0.3, -0.25) is 0 Å². The zero-order chi connectivity index (χ0) is 20.9. The third kappa shape index (κ3) is 4.64. The van der Waals surface area contributed by atoms with Crippen LogP contribution in [-0.4, -0.2) is 31.8 Å². The Kier molecular flexibility index (Phi) is 5.42. The van der Waals surface area contributed by atoms with Crippen LogP contribution in [0.2, 0.25) is 0 Å². The second kappa shape index (κ2) is 8.48.